The third-order valence-corrected chi connectivity index (χ3v) is 4.46. The lowest BCUT2D eigenvalue weighted by molar-refractivity contribution is 0.215. The number of methoxy groups -OCH3 is 1. The molecule has 2 aromatic rings. The summed E-state index contributed by atoms with van der Waals surface area (Å²) in [4.78, 5) is 4.69. The molecular weight excluding hydrogens is 252 g/mol. The van der Waals surface area contributed by atoms with Crippen molar-refractivity contribution >= 4 is 11.1 Å². The van der Waals surface area contributed by atoms with Crippen molar-refractivity contribution < 1.29 is 9.15 Å². The van der Waals surface area contributed by atoms with Crippen LogP contribution in [0.25, 0.3) is 11.1 Å². The molecular formula is C16H22N2O2. The second-order valence-corrected chi connectivity index (χ2v) is 6.12. The Labute approximate surface area is 119 Å². The summed E-state index contributed by atoms with van der Waals surface area (Å²) in [5, 5.41) is 3.47. The fraction of sp³-hybridized carbons (Fsp3) is 0.562. The molecule has 1 aliphatic heterocycles. The lowest BCUT2D eigenvalue weighted by Crippen LogP contribution is -2.40. The maximum absolute atomic E-state index is 6.01. The Balaban J connectivity index is 1.95. The van der Waals surface area contributed by atoms with Gasteiger partial charge in [0.25, 0.3) is 0 Å². The Bertz CT molecular complexity index is 598. The molecule has 0 aliphatic carbocycles. The first-order chi connectivity index (χ1) is 9.61. The van der Waals surface area contributed by atoms with E-state index in [1.54, 1.807) is 7.11 Å². The summed E-state index contributed by atoms with van der Waals surface area (Å²) in [6.07, 6.45) is 2.45. The van der Waals surface area contributed by atoms with Gasteiger partial charge in [0.15, 0.2) is 5.58 Å². The molecule has 0 spiro atoms. The number of benzene rings is 1. The number of nitrogens with zero attached hydrogens (tertiary/aromatic N) is 1. The predicted molar refractivity (Wildman–Crippen MR) is 79.2 cm³/mol. The average Bonchev–Trinajstić information content (AvgIpc) is 2.91. The molecule has 1 aliphatic rings. The van der Waals surface area contributed by atoms with Crippen LogP contribution in [0.5, 0.6) is 5.75 Å². The van der Waals surface area contributed by atoms with Crippen LogP contribution >= 0.6 is 0 Å². The molecule has 1 atom stereocenters. The van der Waals surface area contributed by atoms with Gasteiger partial charge in [0.2, 0.25) is 5.89 Å². The van der Waals surface area contributed by atoms with Gasteiger partial charge >= 0.3 is 0 Å². The third-order valence-electron chi connectivity index (χ3n) is 4.46. The lowest BCUT2D eigenvalue weighted by Gasteiger charge is -2.34. The van der Waals surface area contributed by atoms with Crippen molar-refractivity contribution in [2.75, 3.05) is 20.2 Å². The Morgan fingerprint density at radius 2 is 2.25 bits per heavy atom. The summed E-state index contributed by atoms with van der Waals surface area (Å²) in [5.41, 5.74) is 1.65. The van der Waals surface area contributed by atoms with Gasteiger partial charge in [-0.2, -0.15) is 0 Å². The maximum atomic E-state index is 6.01. The fourth-order valence-electron chi connectivity index (χ4n) is 2.95. The zero-order chi connectivity index (χ0) is 14.2. The molecule has 1 unspecified atom stereocenters. The number of hydrogen-bond acceptors (Lipinski definition) is 4. The molecule has 4 heteroatoms. The highest BCUT2D eigenvalue weighted by molar-refractivity contribution is 5.74. The number of fused-ring (bicyclic) bond motifs is 1. The number of rotatable bonds is 3. The van der Waals surface area contributed by atoms with E-state index in [1.165, 1.54) is 12.8 Å². The van der Waals surface area contributed by atoms with E-state index in [9.17, 15) is 0 Å². The first-order valence-corrected chi connectivity index (χ1v) is 7.27. The van der Waals surface area contributed by atoms with Crippen molar-refractivity contribution in [3.63, 3.8) is 0 Å². The Hall–Kier alpha value is -1.55. The smallest absolute Gasteiger partial charge is 0.201 e. The first-order valence-electron chi connectivity index (χ1n) is 7.27. The molecule has 0 radical (unpaired) electrons. The van der Waals surface area contributed by atoms with Gasteiger partial charge in [-0.05, 0) is 44.0 Å². The molecule has 1 aromatic carbocycles. The number of nitrogens with one attached hydrogen (secondary N) is 1. The van der Waals surface area contributed by atoms with E-state index >= 15 is 0 Å². The van der Waals surface area contributed by atoms with E-state index in [0.717, 1.165) is 35.8 Å². The summed E-state index contributed by atoms with van der Waals surface area (Å²) in [7, 11) is 1.66. The van der Waals surface area contributed by atoms with Crippen LogP contribution in [-0.2, 0) is 5.41 Å². The molecule has 20 heavy (non-hydrogen) atoms. The highest BCUT2D eigenvalue weighted by atomic mass is 16.5. The van der Waals surface area contributed by atoms with E-state index in [1.807, 2.05) is 18.2 Å². The molecule has 4 nitrogen and oxygen atoms in total. The van der Waals surface area contributed by atoms with Crippen molar-refractivity contribution in [1.82, 2.24) is 10.3 Å². The van der Waals surface area contributed by atoms with E-state index < -0.39 is 0 Å². The second-order valence-electron chi connectivity index (χ2n) is 6.12. The Kier molecular flexibility index (Phi) is 3.42. The number of hydrogen-bond donors (Lipinski definition) is 1. The number of aromatic nitrogens is 1. The molecule has 2 heterocycles. The number of ether oxygens (including phenoxy) is 1. The number of oxazole rings is 1. The maximum Gasteiger partial charge on any atom is 0.201 e. The summed E-state index contributed by atoms with van der Waals surface area (Å²) < 4.78 is 11.2. The monoisotopic (exact) mass is 274 g/mol. The molecule has 108 valence electrons. The van der Waals surface area contributed by atoms with E-state index in [0.29, 0.717) is 5.92 Å². The summed E-state index contributed by atoms with van der Waals surface area (Å²) in [6, 6.07) is 5.78. The van der Waals surface area contributed by atoms with Crippen LogP contribution in [0.2, 0.25) is 0 Å². The highest BCUT2D eigenvalue weighted by Gasteiger charge is 2.36. The first kappa shape index (κ1) is 13.4. The molecule has 1 fully saturated rings. The molecule has 1 aromatic heterocycles. The van der Waals surface area contributed by atoms with Gasteiger partial charge in [0.05, 0.1) is 7.11 Å². The molecule has 1 N–H and O–H groups in total. The van der Waals surface area contributed by atoms with Gasteiger partial charge in [-0.1, -0.05) is 13.8 Å². The van der Waals surface area contributed by atoms with Crippen LogP contribution in [0.15, 0.2) is 22.6 Å². The zero-order valence-corrected chi connectivity index (χ0v) is 12.4. The Morgan fingerprint density at radius 3 is 2.95 bits per heavy atom. The minimum Gasteiger partial charge on any atom is -0.497 e. The Morgan fingerprint density at radius 1 is 1.40 bits per heavy atom. The van der Waals surface area contributed by atoms with Crippen LogP contribution in [0.1, 0.15) is 32.6 Å². The molecule has 0 amide bonds. The summed E-state index contributed by atoms with van der Waals surface area (Å²) in [5.74, 6) is 2.19. The normalized spacial score (nSPS) is 20.2. The van der Waals surface area contributed by atoms with Crippen molar-refractivity contribution in [3.8, 4) is 5.75 Å². The van der Waals surface area contributed by atoms with E-state index in [2.05, 4.69) is 24.1 Å². The van der Waals surface area contributed by atoms with E-state index in [-0.39, 0.29) is 5.41 Å². The van der Waals surface area contributed by atoms with Crippen LogP contribution in [0, 0.1) is 5.92 Å². The van der Waals surface area contributed by atoms with Crippen LogP contribution in [0.4, 0.5) is 0 Å². The predicted octanol–water partition coefficient (Wildman–Crippen LogP) is 3.11. The van der Waals surface area contributed by atoms with Crippen molar-refractivity contribution in [2.45, 2.75) is 32.1 Å². The largest absolute Gasteiger partial charge is 0.497 e. The minimum absolute atomic E-state index is 0.0559. The standard InChI is InChI=1S/C16H22N2O2/c1-16(2,11-5-4-8-17-10-11)15-18-13-7-6-12(19-3)9-14(13)20-15/h6-7,9,11,17H,4-5,8,10H2,1-3H3. The highest BCUT2D eigenvalue weighted by Crippen LogP contribution is 2.36. The van der Waals surface area contributed by atoms with Crippen molar-refractivity contribution in [3.05, 3.63) is 24.1 Å². The number of piperidine rings is 1. The molecule has 0 bridgehead atoms. The SMILES string of the molecule is COc1ccc2nc(C(C)(C)C3CCCNC3)oc2c1. The van der Waals surface area contributed by atoms with Gasteiger partial charge < -0.3 is 14.5 Å². The van der Waals surface area contributed by atoms with E-state index in [4.69, 9.17) is 9.15 Å². The summed E-state index contributed by atoms with van der Waals surface area (Å²) >= 11 is 0. The topological polar surface area (TPSA) is 47.3 Å². The molecule has 0 saturated carbocycles. The quantitative estimate of drug-likeness (QED) is 0.934. The fourth-order valence-corrected chi connectivity index (χ4v) is 2.95. The van der Waals surface area contributed by atoms with Gasteiger partial charge in [0, 0.05) is 11.5 Å². The lowest BCUT2D eigenvalue weighted by atomic mass is 9.75. The average molecular weight is 274 g/mol. The van der Waals surface area contributed by atoms with Crippen LogP contribution < -0.4 is 10.1 Å². The zero-order valence-electron chi connectivity index (χ0n) is 12.4. The van der Waals surface area contributed by atoms with Gasteiger partial charge in [-0.25, -0.2) is 4.98 Å². The second kappa shape index (κ2) is 5.09. The van der Waals surface area contributed by atoms with Gasteiger partial charge in [0.1, 0.15) is 11.3 Å². The third kappa shape index (κ3) is 2.29. The molecule has 3 rings (SSSR count). The van der Waals surface area contributed by atoms with Gasteiger partial charge in [-0.3, -0.25) is 0 Å². The van der Waals surface area contributed by atoms with Gasteiger partial charge in [-0.15, -0.1) is 0 Å². The summed E-state index contributed by atoms with van der Waals surface area (Å²) in [6.45, 7) is 6.62. The van der Waals surface area contributed by atoms with Crippen LogP contribution in [0.3, 0.4) is 0 Å². The minimum atomic E-state index is -0.0559. The van der Waals surface area contributed by atoms with Crippen molar-refractivity contribution in [1.29, 1.82) is 0 Å². The van der Waals surface area contributed by atoms with Crippen molar-refractivity contribution in [2.24, 2.45) is 5.92 Å². The van der Waals surface area contributed by atoms with Crippen LogP contribution in [-0.4, -0.2) is 25.2 Å². The molecule has 1 saturated heterocycles.